The summed E-state index contributed by atoms with van der Waals surface area (Å²) in [7, 11) is -3.52. The fourth-order valence-electron chi connectivity index (χ4n) is 1.74. The number of rotatable bonds is 3. The smallest absolute Gasteiger partial charge is 0.244 e. The first-order chi connectivity index (χ1) is 8.54. The summed E-state index contributed by atoms with van der Waals surface area (Å²) in [5, 5.41) is 0. The minimum Gasteiger partial charge on any atom is -0.374 e. The second-order valence-corrected chi connectivity index (χ2v) is 6.78. The second-order valence-electron chi connectivity index (χ2n) is 3.93. The molecule has 2 rings (SSSR count). The molecular formula is C10H15BrClN3O3S. The third kappa shape index (κ3) is 3.87. The molecule has 9 heteroatoms. The molecule has 1 unspecified atom stereocenters. The van der Waals surface area contributed by atoms with E-state index in [1.54, 1.807) is 6.20 Å². The van der Waals surface area contributed by atoms with Gasteiger partial charge >= 0.3 is 0 Å². The SMILES string of the molecule is Cl.NCC1CN(S(=O)(=O)c2cncc(Br)c2)CCO1. The van der Waals surface area contributed by atoms with E-state index >= 15 is 0 Å². The zero-order chi connectivity index (χ0) is 13.2. The van der Waals surface area contributed by atoms with Crippen LogP contribution in [0.1, 0.15) is 0 Å². The average molecular weight is 373 g/mol. The Morgan fingerprint density at radius 2 is 2.26 bits per heavy atom. The van der Waals surface area contributed by atoms with E-state index in [1.165, 1.54) is 16.6 Å². The van der Waals surface area contributed by atoms with E-state index in [4.69, 9.17) is 10.5 Å². The van der Waals surface area contributed by atoms with Crippen LogP contribution in [0.15, 0.2) is 27.8 Å². The van der Waals surface area contributed by atoms with Crippen LogP contribution in [-0.2, 0) is 14.8 Å². The molecule has 108 valence electrons. The lowest BCUT2D eigenvalue weighted by Gasteiger charge is -2.31. The highest BCUT2D eigenvalue weighted by Gasteiger charge is 2.30. The Balaban J connectivity index is 0.00000180. The molecular weight excluding hydrogens is 358 g/mol. The summed E-state index contributed by atoms with van der Waals surface area (Å²) in [4.78, 5) is 4.05. The summed E-state index contributed by atoms with van der Waals surface area (Å²) >= 11 is 3.21. The van der Waals surface area contributed by atoms with Crippen LogP contribution in [0.5, 0.6) is 0 Å². The van der Waals surface area contributed by atoms with Gasteiger partial charge in [0.15, 0.2) is 0 Å². The van der Waals surface area contributed by atoms with Gasteiger partial charge in [0.25, 0.3) is 0 Å². The highest BCUT2D eigenvalue weighted by Crippen LogP contribution is 2.20. The van der Waals surface area contributed by atoms with Crippen molar-refractivity contribution in [1.29, 1.82) is 0 Å². The summed E-state index contributed by atoms with van der Waals surface area (Å²) in [6.45, 7) is 1.29. The van der Waals surface area contributed by atoms with Gasteiger partial charge in [-0.15, -0.1) is 12.4 Å². The Bertz CT molecular complexity index is 529. The monoisotopic (exact) mass is 371 g/mol. The molecule has 1 aromatic rings. The lowest BCUT2D eigenvalue weighted by atomic mass is 10.3. The number of morpholine rings is 1. The molecule has 1 atom stereocenters. The molecule has 2 N–H and O–H groups in total. The lowest BCUT2D eigenvalue weighted by molar-refractivity contribution is 0.00450. The maximum absolute atomic E-state index is 12.4. The van der Waals surface area contributed by atoms with Crippen molar-refractivity contribution in [1.82, 2.24) is 9.29 Å². The van der Waals surface area contributed by atoms with Crippen LogP contribution in [0, 0.1) is 0 Å². The van der Waals surface area contributed by atoms with Crippen molar-refractivity contribution < 1.29 is 13.2 Å². The number of hydrogen-bond acceptors (Lipinski definition) is 5. The van der Waals surface area contributed by atoms with Crippen molar-refractivity contribution in [3.63, 3.8) is 0 Å². The normalized spacial score (nSPS) is 20.8. The Morgan fingerprint density at radius 3 is 2.89 bits per heavy atom. The maximum Gasteiger partial charge on any atom is 0.244 e. The molecule has 1 saturated heterocycles. The zero-order valence-electron chi connectivity index (χ0n) is 10.0. The van der Waals surface area contributed by atoms with Gasteiger partial charge in [-0.3, -0.25) is 4.98 Å². The van der Waals surface area contributed by atoms with Crippen LogP contribution >= 0.6 is 28.3 Å². The molecule has 0 aromatic carbocycles. The van der Waals surface area contributed by atoms with Crippen LogP contribution in [0.25, 0.3) is 0 Å². The van der Waals surface area contributed by atoms with Gasteiger partial charge in [-0.25, -0.2) is 8.42 Å². The van der Waals surface area contributed by atoms with E-state index in [9.17, 15) is 8.42 Å². The number of pyridine rings is 1. The van der Waals surface area contributed by atoms with E-state index in [-0.39, 0.29) is 30.0 Å². The minimum atomic E-state index is -3.52. The largest absolute Gasteiger partial charge is 0.374 e. The molecule has 0 radical (unpaired) electrons. The predicted molar refractivity (Wildman–Crippen MR) is 76.7 cm³/mol. The van der Waals surface area contributed by atoms with E-state index in [1.807, 2.05) is 0 Å². The van der Waals surface area contributed by atoms with Crippen molar-refractivity contribution in [3.05, 3.63) is 22.9 Å². The molecule has 1 fully saturated rings. The summed E-state index contributed by atoms with van der Waals surface area (Å²) in [5.41, 5.74) is 5.51. The van der Waals surface area contributed by atoms with Crippen LogP contribution in [0.3, 0.4) is 0 Å². The fourth-order valence-corrected chi connectivity index (χ4v) is 3.70. The number of aromatic nitrogens is 1. The number of hydrogen-bond donors (Lipinski definition) is 1. The van der Waals surface area contributed by atoms with Crippen molar-refractivity contribution in [2.24, 2.45) is 5.73 Å². The third-order valence-corrected chi connectivity index (χ3v) is 4.95. The quantitative estimate of drug-likeness (QED) is 0.840. The molecule has 2 heterocycles. The van der Waals surface area contributed by atoms with Crippen LogP contribution in [0.4, 0.5) is 0 Å². The number of ether oxygens (including phenoxy) is 1. The molecule has 1 aromatic heterocycles. The van der Waals surface area contributed by atoms with Crippen LogP contribution < -0.4 is 5.73 Å². The van der Waals surface area contributed by atoms with Gasteiger partial charge in [-0.05, 0) is 22.0 Å². The maximum atomic E-state index is 12.4. The van der Waals surface area contributed by atoms with Crippen molar-refractivity contribution in [2.45, 2.75) is 11.0 Å². The molecule has 0 bridgehead atoms. The van der Waals surface area contributed by atoms with Crippen LogP contribution in [-0.4, -0.2) is 50.1 Å². The van der Waals surface area contributed by atoms with E-state index in [0.29, 0.717) is 24.2 Å². The second kappa shape index (κ2) is 6.96. The topological polar surface area (TPSA) is 85.5 Å². The van der Waals surface area contributed by atoms with Gasteiger partial charge in [-0.2, -0.15) is 4.31 Å². The third-order valence-electron chi connectivity index (χ3n) is 2.68. The zero-order valence-corrected chi connectivity index (χ0v) is 13.2. The first kappa shape index (κ1) is 16.8. The Morgan fingerprint density at radius 1 is 1.53 bits per heavy atom. The van der Waals surface area contributed by atoms with Gasteiger partial charge in [0.05, 0.1) is 12.7 Å². The first-order valence-electron chi connectivity index (χ1n) is 5.46. The van der Waals surface area contributed by atoms with Crippen molar-refractivity contribution in [3.8, 4) is 0 Å². The number of halogens is 2. The van der Waals surface area contributed by atoms with Crippen molar-refractivity contribution in [2.75, 3.05) is 26.2 Å². The standard InChI is InChI=1S/C10H14BrN3O3S.ClH/c11-8-3-10(6-13-5-8)18(15,16)14-1-2-17-9(4-12)7-14;/h3,5-6,9H,1-2,4,7,12H2;1H. The Hall–Kier alpha value is -0.250. The van der Waals surface area contributed by atoms with Crippen LogP contribution in [0.2, 0.25) is 0 Å². The van der Waals surface area contributed by atoms with E-state index in [0.717, 1.165) is 0 Å². The van der Waals surface area contributed by atoms with Gasteiger partial charge in [0.2, 0.25) is 10.0 Å². The molecule has 1 aliphatic rings. The van der Waals surface area contributed by atoms with Gasteiger partial charge < -0.3 is 10.5 Å². The summed E-state index contributed by atoms with van der Waals surface area (Å²) in [6.07, 6.45) is 2.64. The highest BCUT2D eigenvalue weighted by atomic mass is 79.9. The highest BCUT2D eigenvalue weighted by molar-refractivity contribution is 9.10. The first-order valence-corrected chi connectivity index (χ1v) is 7.69. The van der Waals surface area contributed by atoms with E-state index < -0.39 is 10.0 Å². The molecule has 1 aliphatic heterocycles. The van der Waals surface area contributed by atoms with Gasteiger partial charge in [0, 0.05) is 36.5 Å². The minimum absolute atomic E-state index is 0. The Kier molecular flexibility index (Phi) is 6.15. The summed E-state index contributed by atoms with van der Waals surface area (Å²) in [6, 6.07) is 1.54. The number of nitrogens with two attached hydrogens (primary N) is 1. The molecule has 0 saturated carbocycles. The summed E-state index contributed by atoms with van der Waals surface area (Å²) in [5.74, 6) is 0. The van der Waals surface area contributed by atoms with Gasteiger partial charge in [-0.1, -0.05) is 0 Å². The molecule has 0 aliphatic carbocycles. The fraction of sp³-hybridized carbons (Fsp3) is 0.500. The number of nitrogens with zero attached hydrogens (tertiary/aromatic N) is 2. The molecule has 6 nitrogen and oxygen atoms in total. The van der Waals surface area contributed by atoms with Gasteiger partial charge in [0.1, 0.15) is 4.90 Å². The molecule has 0 spiro atoms. The molecule has 0 amide bonds. The predicted octanol–water partition coefficient (Wildman–Crippen LogP) is 0.614. The average Bonchev–Trinajstić information content (AvgIpc) is 2.39. The summed E-state index contributed by atoms with van der Waals surface area (Å²) < 4.78 is 32.1. The number of sulfonamides is 1. The van der Waals surface area contributed by atoms with E-state index in [2.05, 4.69) is 20.9 Å². The van der Waals surface area contributed by atoms with Crippen molar-refractivity contribution >= 4 is 38.4 Å². The Labute approximate surface area is 126 Å². The molecule has 19 heavy (non-hydrogen) atoms. The lowest BCUT2D eigenvalue weighted by Crippen LogP contribution is -2.48.